The second kappa shape index (κ2) is 6.06. The van der Waals surface area contributed by atoms with E-state index in [1.54, 1.807) is 0 Å². The molecule has 0 saturated carbocycles. The molecule has 0 atom stereocenters. The second-order valence-corrected chi connectivity index (χ2v) is 9.53. The van der Waals surface area contributed by atoms with Gasteiger partial charge in [-0.3, -0.25) is 0 Å². The van der Waals surface area contributed by atoms with E-state index in [2.05, 4.69) is 43.9 Å². The van der Waals surface area contributed by atoms with E-state index in [1.165, 1.54) is 12.0 Å². The highest BCUT2D eigenvalue weighted by Gasteiger charge is 2.15. The Hall–Kier alpha value is -0.803. The maximum atomic E-state index is 5.90. The molecule has 0 saturated heterocycles. The Morgan fingerprint density at radius 2 is 1.69 bits per heavy atom. The van der Waals surface area contributed by atoms with Crippen LogP contribution in [0, 0.1) is 0 Å². The summed E-state index contributed by atoms with van der Waals surface area (Å²) in [6, 6.07) is 8.48. The van der Waals surface area contributed by atoms with E-state index < -0.39 is 8.32 Å². The van der Waals surface area contributed by atoms with Crippen LogP contribution in [0.25, 0.3) is 0 Å². The molecule has 1 rings (SSSR count). The molecule has 0 bridgehead atoms. The van der Waals surface area contributed by atoms with Crippen molar-refractivity contribution in [2.75, 3.05) is 6.54 Å². The maximum absolute atomic E-state index is 5.90. The third-order valence-electron chi connectivity index (χ3n) is 2.27. The van der Waals surface area contributed by atoms with Crippen molar-refractivity contribution in [1.29, 1.82) is 0 Å². The summed E-state index contributed by atoms with van der Waals surface area (Å²) in [5.74, 6) is 1.00. The SMILES string of the molecule is C[Si](C)(C)Oc1ccc(CCCCN)cc1. The molecule has 2 N–H and O–H groups in total. The Morgan fingerprint density at radius 1 is 1.06 bits per heavy atom. The molecule has 1 aromatic rings. The predicted octanol–water partition coefficient (Wildman–Crippen LogP) is 3.18. The van der Waals surface area contributed by atoms with Gasteiger partial charge in [0.15, 0.2) is 0 Å². The van der Waals surface area contributed by atoms with Crippen LogP contribution in [0.2, 0.25) is 19.6 Å². The summed E-state index contributed by atoms with van der Waals surface area (Å²) in [6.07, 6.45) is 3.39. The van der Waals surface area contributed by atoms with Gasteiger partial charge in [0.2, 0.25) is 8.32 Å². The van der Waals surface area contributed by atoms with Crippen molar-refractivity contribution in [2.24, 2.45) is 5.73 Å². The lowest BCUT2D eigenvalue weighted by Crippen LogP contribution is -2.29. The number of hydrogen-bond acceptors (Lipinski definition) is 2. The van der Waals surface area contributed by atoms with Gasteiger partial charge in [0.25, 0.3) is 0 Å². The van der Waals surface area contributed by atoms with Crippen molar-refractivity contribution in [1.82, 2.24) is 0 Å². The van der Waals surface area contributed by atoms with Crippen LogP contribution in [0.1, 0.15) is 18.4 Å². The van der Waals surface area contributed by atoms with Crippen molar-refractivity contribution < 1.29 is 4.43 Å². The van der Waals surface area contributed by atoms with Crippen molar-refractivity contribution in [3.8, 4) is 5.75 Å². The third-order valence-corrected chi connectivity index (χ3v) is 3.12. The summed E-state index contributed by atoms with van der Waals surface area (Å²) >= 11 is 0. The van der Waals surface area contributed by atoms with E-state index in [1.807, 2.05) is 0 Å². The standard InChI is InChI=1S/C13H23NOSi/c1-16(2,3)15-13-9-7-12(8-10-13)6-4-5-11-14/h7-10H,4-6,11,14H2,1-3H3. The molecule has 16 heavy (non-hydrogen) atoms. The quantitative estimate of drug-likeness (QED) is 0.609. The molecular formula is C13H23NOSi. The molecule has 1 aromatic carbocycles. The first kappa shape index (κ1) is 13.3. The molecule has 0 aliphatic carbocycles. The average Bonchev–Trinajstić information content (AvgIpc) is 2.19. The highest BCUT2D eigenvalue weighted by Crippen LogP contribution is 2.17. The van der Waals surface area contributed by atoms with Gasteiger partial charge in [0.1, 0.15) is 5.75 Å². The molecule has 0 heterocycles. The van der Waals surface area contributed by atoms with E-state index >= 15 is 0 Å². The Balaban J connectivity index is 2.48. The smallest absolute Gasteiger partial charge is 0.242 e. The largest absolute Gasteiger partial charge is 0.544 e. The maximum Gasteiger partial charge on any atom is 0.242 e. The third kappa shape index (κ3) is 5.33. The molecule has 0 aliphatic heterocycles. The number of hydrogen-bond donors (Lipinski definition) is 1. The van der Waals surface area contributed by atoms with E-state index in [9.17, 15) is 0 Å². The average molecular weight is 237 g/mol. The van der Waals surface area contributed by atoms with Gasteiger partial charge < -0.3 is 10.2 Å². The second-order valence-electron chi connectivity index (χ2n) is 5.10. The molecular weight excluding hydrogens is 214 g/mol. The number of nitrogens with two attached hydrogens (primary N) is 1. The zero-order valence-electron chi connectivity index (χ0n) is 10.6. The molecule has 0 spiro atoms. The van der Waals surface area contributed by atoms with Gasteiger partial charge in [0, 0.05) is 0 Å². The Morgan fingerprint density at radius 3 is 2.19 bits per heavy atom. The molecule has 0 radical (unpaired) electrons. The summed E-state index contributed by atoms with van der Waals surface area (Å²) in [4.78, 5) is 0. The van der Waals surface area contributed by atoms with Crippen LogP contribution in [0.15, 0.2) is 24.3 Å². The van der Waals surface area contributed by atoms with Crippen molar-refractivity contribution in [3.05, 3.63) is 29.8 Å². The van der Waals surface area contributed by atoms with Gasteiger partial charge >= 0.3 is 0 Å². The van der Waals surface area contributed by atoms with E-state index in [4.69, 9.17) is 10.2 Å². The summed E-state index contributed by atoms with van der Waals surface area (Å²) in [5, 5.41) is 0. The van der Waals surface area contributed by atoms with Crippen LogP contribution in [-0.2, 0) is 6.42 Å². The number of benzene rings is 1. The summed E-state index contributed by atoms with van der Waals surface area (Å²) in [6.45, 7) is 7.38. The minimum absolute atomic E-state index is 0.789. The van der Waals surface area contributed by atoms with Crippen LogP contribution < -0.4 is 10.2 Å². The fraction of sp³-hybridized carbons (Fsp3) is 0.538. The molecule has 2 nitrogen and oxygen atoms in total. The van der Waals surface area contributed by atoms with Crippen LogP contribution in [0.3, 0.4) is 0 Å². The van der Waals surface area contributed by atoms with Crippen LogP contribution in [-0.4, -0.2) is 14.9 Å². The molecule has 0 aromatic heterocycles. The highest BCUT2D eigenvalue weighted by molar-refractivity contribution is 6.70. The van der Waals surface area contributed by atoms with Gasteiger partial charge in [-0.15, -0.1) is 0 Å². The number of rotatable bonds is 6. The van der Waals surface area contributed by atoms with Gasteiger partial charge in [-0.05, 0) is 63.1 Å². The van der Waals surface area contributed by atoms with Gasteiger partial charge in [0.05, 0.1) is 0 Å². The van der Waals surface area contributed by atoms with Crippen LogP contribution in [0.4, 0.5) is 0 Å². The zero-order valence-corrected chi connectivity index (χ0v) is 11.6. The predicted molar refractivity (Wildman–Crippen MR) is 72.4 cm³/mol. The Labute approximate surface area is 99.9 Å². The summed E-state index contributed by atoms with van der Waals surface area (Å²) in [5.41, 5.74) is 6.84. The molecule has 0 unspecified atom stereocenters. The van der Waals surface area contributed by atoms with Crippen molar-refractivity contribution in [3.63, 3.8) is 0 Å². The first-order valence-electron chi connectivity index (χ1n) is 5.99. The minimum atomic E-state index is -1.46. The van der Waals surface area contributed by atoms with Crippen LogP contribution >= 0.6 is 0 Å². The van der Waals surface area contributed by atoms with Crippen molar-refractivity contribution >= 4 is 8.32 Å². The molecule has 0 amide bonds. The lowest BCUT2D eigenvalue weighted by molar-refractivity contribution is 0.557. The van der Waals surface area contributed by atoms with Crippen molar-refractivity contribution in [2.45, 2.75) is 38.9 Å². The number of unbranched alkanes of at least 4 members (excludes halogenated alkanes) is 1. The zero-order chi connectivity index (χ0) is 12.0. The Bertz CT molecular complexity index is 303. The Kier molecular flexibility index (Phi) is 5.02. The fourth-order valence-corrected chi connectivity index (χ4v) is 2.39. The normalized spacial score (nSPS) is 11.5. The van der Waals surface area contributed by atoms with E-state index in [-0.39, 0.29) is 0 Å². The molecule has 90 valence electrons. The first-order chi connectivity index (χ1) is 7.51. The lowest BCUT2D eigenvalue weighted by atomic mass is 10.1. The van der Waals surface area contributed by atoms with Gasteiger partial charge in [-0.25, -0.2) is 0 Å². The first-order valence-corrected chi connectivity index (χ1v) is 9.40. The molecule has 0 fully saturated rings. The van der Waals surface area contributed by atoms with Crippen LogP contribution in [0.5, 0.6) is 5.75 Å². The molecule has 0 aliphatic rings. The molecule has 3 heteroatoms. The van der Waals surface area contributed by atoms with E-state index in [0.717, 1.165) is 25.1 Å². The highest BCUT2D eigenvalue weighted by atomic mass is 28.4. The van der Waals surface area contributed by atoms with E-state index in [0.29, 0.717) is 0 Å². The monoisotopic (exact) mass is 237 g/mol. The minimum Gasteiger partial charge on any atom is -0.544 e. The van der Waals surface area contributed by atoms with Gasteiger partial charge in [-0.1, -0.05) is 12.1 Å². The number of aryl methyl sites for hydroxylation is 1. The summed E-state index contributed by atoms with van der Waals surface area (Å²) in [7, 11) is -1.46. The summed E-state index contributed by atoms with van der Waals surface area (Å²) < 4.78 is 5.90. The lowest BCUT2D eigenvalue weighted by Gasteiger charge is -2.19. The van der Waals surface area contributed by atoms with Gasteiger partial charge in [-0.2, -0.15) is 0 Å². The fourth-order valence-electron chi connectivity index (χ4n) is 1.55. The topological polar surface area (TPSA) is 35.2 Å².